The maximum Gasteiger partial charge on any atom is 0.336 e. The molecule has 2 N–H and O–H groups in total. The van der Waals surface area contributed by atoms with Crippen LogP contribution in [-0.4, -0.2) is 37.2 Å². The third-order valence-electron chi connectivity index (χ3n) is 6.76. The van der Waals surface area contributed by atoms with E-state index in [1.807, 2.05) is 45.0 Å². The van der Waals surface area contributed by atoms with E-state index >= 15 is 0 Å². The number of nitrogens with one attached hydrogen (secondary N) is 1. The van der Waals surface area contributed by atoms with Gasteiger partial charge in [-0.15, -0.1) is 0 Å². The predicted molar refractivity (Wildman–Crippen MR) is 144 cm³/mol. The lowest BCUT2D eigenvalue weighted by atomic mass is 9.71. The Bertz CT molecular complexity index is 1260. The van der Waals surface area contributed by atoms with Crippen LogP contribution in [-0.2, 0) is 14.3 Å². The molecule has 0 bridgehead atoms. The standard InChI is InChI=1S/C29H32BrNO6/c1-5-11-37-29(34)25-16(3)31-22-13-18(17-7-9-20(35-4)10-8-17)14-23(32)27(22)26(25)19-12-21(30)28(33)24(15-19)36-6-2/h7-10,12,15,18,26,31,33H,5-6,11,13-14H2,1-4H3/t18-,26-/m0/s1. The normalized spacial score (nSPS) is 19.3. The van der Waals surface area contributed by atoms with E-state index in [0.29, 0.717) is 52.7 Å². The van der Waals surface area contributed by atoms with Crippen molar-refractivity contribution in [3.05, 3.63) is 74.5 Å². The molecule has 2 aromatic carbocycles. The van der Waals surface area contributed by atoms with Gasteiger partial charge in [0.15, 0.2) is 17.3 Å². The summed E-state index contributed by atoms with van der Waals surface area (Å²) in [5, 5.41) is 13.9. The molecule has 4 rings (SSSR count). The zero-order valence-electron chi connectivity index (χ0n) is 21.5. The molecule has 37 heavy (non-hydrogen) atoms. The van der Waals surface area contributed by atoms with E-state index in [4.69, 9.17) is 14.2 Å². The van der Waals surface area contributed by atoms with E-state index in [2.05, 4.69) is 21.2 Å². The molecule has 1 aliphatic carbocycles. The van der Waals surface area contributed by atoms with Gasteiger partial charge in [-0.25, -0.2) is 4.79 Å². The van der Waals surface area contributed by atoms with Crippen molar-refractivity contribution < 1.29 is 28.9 Å². The Morgan fingerprint density at radius 2 is 1.86 bits per heavy atom. The van der Waals surface area contributed by atoms with Gasteiger partial charge >= 0.3 is 5.97 Å². The van der Waals surface area contributed by atoms with Crippen LogP contribution in [0.4, 0.5) is 0 Å². The zero-order valence-corrected chi connectivity index (χ0v) is 23.1. The van der Waals surface area contributed by atoms with Crippen LogP contribution >= 0.6 is 15.9 Å². The minimum absolute atomic E-state index is 0.00256. The number of halogens is 1. The number of phenolic OH excluding ortho intramolecular Hbond substituents is 1. The SMILES string of the molecule is CCCOC(=O)C1=C(C)NC2=C(C(=O)C[C@@H](c3ccc(OC)cc3)C2)[C@H]1c1cc(Br)c(O)c(OCC)c1. The van der Waals surface area contributed by atoms with Gasteiger partial charge in [0.05, 0.1) is 30.4 Å². The average molecular weight is 570 g/mol. The number of ether oxygens (including phenoxy) is 3. The summed E-state index contributed by atoms with van der Waals surface area (Å²) in [6.07, 6.45) is 1.62. The Balaban J connectivity index is 1.81. The molecule has 0 saturated heterocycles. The molecule has 196 valence electrons. The van der Waals surface area contributed by atoms with E-state index in [1.165, 1.54) is 0 Å². The Morgan fingerprint density at radius 1 is 1.14 bits per heavy atom. The van der Waals surface area contributed by atoms with E-state index in [-0.39, 0.29) is 29.8 Å². The van der Waals surface area contributed by atoms with E-state index in [0.717, 1.165) is 17.0 Å². The van der Waals surface area contributed by atoms with Gasteiger partial charge in [-0.1, -0.05) is 19.1 Å². The van der Waals surface area contributed by atoms with Crippen molar-refractivity contribution in [2.24, 2.45) is 0 Å². The maximum absolute atomic E-state index is 13.8. The third kappa shape index (κ3) is 5.39. The average Bonchev–Trinajstić information content (AvgIpc) is 2.89. The molecule has 0 spiro atoms. The quantitative estimate of drug-likeness (QED) is 0.383. The molecule has 0 amide bonds. The summed E-state index contributed by atoms with van der Waals surface area (Å²) in [6.45, 7) is 6.23. The summed E-state index contributed by atoms with van der Waals surface area (Å²) in [6, 6.07) is 11.2. The lowest BCUT2D eigenvalue weighted by Gasteiger charge is -2.37. The number of esters is 1. The number of aromatic hydroxyl groups is 1. The number of carbonyl (C=O) groups excluding carboxylic acids is 2. The van der Waals surface area contributed by atoms with Crippen LogP contribution in [0.1, 0.15) is 63.0 Å². The zero-order chi connectivity index (χ0) is 26.7. The maximum atomic E-state index is 13.8. The summed E-state index contributed by atoms with van der Waals surface area (Å²) in [7, 11) is 1.62. The van der Waals surface area contributed by atoms with E-state index in [1.54, 1.807) is 19.2 Å². The first kappa shape index (κ1) is 26.8. The van der Waals surface area contributed by atoms with Gasteiger partial charge in [-0.3, -0.25) is 4.79 Å². The fourth-order valence-electron chi connectivity index (χ4n) is 5.05. The molecule has 0 saturated carbocycles. The first-order chi connectivity index (χ1) is 17.8. The van der Waals surface area contributed by atoms with Crippen LogP contribution in [0.2, 0.25) is 0 Å². The number of carbonyl (C=O) groups is 2. The number of dihydropyridines is 1. The van der Waals surface area contributed by atoms with Crippen LogP contribution in [0, 0.1) is 0 Å². The molecule has 0 fully saturated rings. The number of methoxy groups -OCH3 is 1. The second kappa shape index (κ2) is 11.4. The van der Waals surface area contributed by atoms with Gasteiger partial charge in [0.1, 0.15) is 5.75 Å². The summed E-state index contributed by atoms with van der Waals surface area (Å²) in [5.74, 6) is -0.132. The van der Waals surface area contributed by atoms with Crippen LogP contribution in [0.3, 0.4) is 0 Å². The van der Waals surface area contributed by atoms with Crippen LogP contribution in [0.15, 0.2) is 63.4 Å². The van der Waals surface area contributed by atoms with Gasteiger partial charge in [0.25, 0.3) is 0 Å². The third-order valence-corrected chi connectivity index (χ3v) is 7.36. The number of allylic oxidation sites excluding steroid dienone is 3. The van der Waals surface area contributed by atoms with Crippen molar-refractivity contribution in [1.82, 2.24) is 5.32 Å². The highest BCUT2D eigenvalue weighted by molar-refractivity contribution is 9.10. The minimum Gasteiger partial charge on any atom is -0.503 e. The van der Waals surface area contributed by atoms with Crippen LogP contribution in [0.25, 0.3) is 0 Å². The number of ketones is 1. The topological polar surface area (TPSA) is 94.1 Å². The minimum atomic E-state index is -0.652. The van der Waals surface area contributed by atoms with Crippen molar-refractivity contribution in [1.29, 1.82) is 0 Å². The Kier molecular flexibility index (Phi) is 8.27. The highest BCUT2D eigenvalue weighted by Gasteiger charge is 2.42. The summed E-state index contributed by atoms with van der Waals surface area (Å²) >= 11 is 3.41. The fraction of sp³-hybridized carbons (Fsp3) is 0.379. The largest absolute Gasteiger partial charge is 0.503 e. The lowest BCUT2D eigenvalue weighted by molar-refractivity contribution is -0.139. The Morgan fingerprint density at radius 3 is 2.51 bits per heavy atom. The van der Waals surface area contributed by atoms with E-state index < -0.39 is 11.9 Å². The molecule has 2 atom stereocenters. The van der Waals surface area contributed by atoms with Crippen LogP contribution in [0.5, 0.6) is 17.2 Å². The summed E-state index contributed by atoms with van der Waals surface area (Å²) < 4.78 is 16.9. The molecular weight excluding hydrogens is 538 g/mol. The number of rotatable bonds is 8. The van der Waals surface area contributed by atoms with Gasteiger partial charge < -0.3 is 24.6 Å². The smallest absolute Gasteiger partial charge is 0.336 e. The molecule has 2 aliphatic rings. The van der Waals surface area contributed by atoms with Crippen molar-refractivity contribution in [2.75, 3.05) is 20.3 Å². The highest BCUT2D eigenvalue weighted by atomic mass is 79.9. The fourth-order valence-corrected chi connectivity index (χ4v) is 5.51. The van der Waals surface area contributed by atoms with Crippen LogP contribution < -0.4 is 14.8 Å². The molecule has 0 radical (unpaired) electrons. The van der Waals surface area contributed by atoms with Crippen molar-refractivity contribution in [2.45, 2.75) is 51.9 Å². The van der Waals surface area contributed by atoms with Gasteiger partial charge in [0, 0.05) is 29.3 Å². The van der Waals surface area contributed by atoms with Gasteiger partial charge in [-0.2, -0.15) is 0 Å². The molecule has 1 heterocycles. The molecule has 2 aromatic rings. The Labute approximate surface area is 225 Å². The summed E-state index contributed by atoms with van der Waals surface area (Å²) in [4.78, 5) is 27.1. The molecular formula is C29H32BrNO6. The molecule has 0 unspecified atom stereocenters. The first-order valence-electron chi connectivity index (χ1n) is 12.5. The van der Waals surface area contributed by atoms with Gasteiger partial charge in [0.2, 0.25) is 0 Å². The number of Topliss-reactive ketones (excluding diaryl/α,β-unsaturated/α-hetero) is 1. The predicted octanol–water partition coefficient (Wildman–Crippen LogP) is 5.88. The molecule has 1 aliphatic heterocycles. The molecule has 8 heteroatoms. The number of hydrogen-bond donors (Lipinski definition) is 2. The number of phenols is 1. The van der Waals surface area contributed by atoms with Crippen molar-refractivity contribution >= 4 is 27.7 Å². The highest BCUT2D eigenvalue weighted by Crippen LogP contribution is 2.48. The number of benzene rings is 2. The first-order valence-corrected chi connectivity index (χ1v) is 13.3. The Hall–Kier alpha value is -3.26. The van der Waals surface area contributed by atoms with Crippen molar-refractivity contribution in [3.63, 3.8) is 0 Å². The second-order valence-electron chi connectivity index (χ2n) is 9.21. The molecule has 7 nitrogen and oxygen atoms in total. The molecule has 0 aromatic heterocycles. The van der Waals surface area contributed by atoms with Gasteiger partial charge in [-0.05, 0) is 83.9 Å². The lowest BCUT2D eigenvalue weighted by Crippen LogP contribution is -2.36. The van der Waals surface area contributed by atoms with Crippen molar-refractivity contribution in [3.8, 4) is 17.2 Å². The monoisotopic (exact) mass is 569 g/mol. The number of hydrogen-bond acceptors (Lipinski definition) is 7. The second-order valence-corrected chi connectivity index (χ2v) is 10.1. The van der Waals surface area contributed by atoms with E-state index in [9.17, 15) is 14.7 Å². The summed E-state index contributed by atoms with van der Waals surface area (Å²) in [5.41, 5.74) is 4.12.